The molecule has 0 radical (unpaired) electrons. The molecule has 0 aliphatic rings. The third kappa shape index (κ3) is 26.9. The highest BCUT2D eigenvalue weighted by Gasteiger charge is 2.22. The number of hydrogen-bond acceptors (Lipinski definition) is 6. The Labute approximate surface area is 200 Å². The zero-order valence-corrected chi connectivity index (χ0v) is 25.2. The van der Waals surface area contributed by atoms with Gasteiger partial charge < -0.3 is 14.5 Å². The summed E-state index contributed by atoms with van der Waals surface area (Å²) in [5, 5.41) is 0. The molecule has 0 aromatic carbocycles. The summed E-state index contributed by atoms with van der Waals surface area (Å²) in [6, 6.07) is 0. The first-order chi connectivity index (χ1) is 13.5. The molecule has 0 bridgehead atoms. The summed E-state index contributed by atoms with van der Waals surface area (Å²) in [5.74, 6) is 0.243. The summed E-state index contributed by atoms with van der Waals surface area (Å²) >= 11 is 0. The molecule has 0 fully saturated rings. The maximum atomic E-state index is 10.9. The number of carbonyl (C=O) groups excluding carboxylic acids is 2. The Kier molecular flexibility index (Phi) is 16.9. The first kappa shape index (κ1) is 38.1. The Morgan fingerprint density at radius 3 is 0.969 bits per heavy atom. The maximum Gasteiger partial charge on any atom is 0.409 e. The van der Waals surface area contributed by atoms with Crippen LogP contribution < -0.4 is 0 Å². The third-order valence-corrected chi connectivity index (χ3v) is 6.49. The van der Waals surface area contributed by atoms with Crippen LogP contribution in [0.3, 0.4) is 0 Å². The fraction of sp³-hybridized carbons (Fsp3) is 0.917. The fourth-order valence-corrected chi connectivity index (χ4v) is 0.353. The number of carbonyl (C=O) groups is 2. The van der Waals surface area contributed by atoms with Crippen molar-refractivity contribution in [2.45, 2.75) is 106 Å². The second-order valence-electron chi connectivity index (χ2n) is 12.1. The van der Waals surface area contributed by atoms with Crippen LogP contribution in [0.4, 0.5) is 4.79 Å². The minimum atomic E-state index is -2.84. The number of ether oxygens (including phenoxy) is 1. The van der Waals surface area contributed by atoms with Crippen LogP contribution in [-0.2, 0) is 19.4 Å². The largest absolute Gasteiger partial charge is 0.444 e. The van der Waals surface area contributed by atoms with Gasteiger partial charge in [-0.25, -0.2) is 13.2 Å². The number of hydrogen-bond donors (Lipinski definition) is 0. The Balaban J connectivity index is -0.000000165. The molecule has 0 aromatic heterocycles. The lowest BCUT2D eigenvalue weighted by atomic mass is 9.92. The lowest BCUT2D eigenvalue weighted by Crippen LogP contribution is -2.34. The molecule has 1 amide bonds. The first-order valence-electron chi connectivity index (χ1n) is 10.7. The molecule has 196 valence electrons. The van der Waals surface area contributed by atoms with Gasteiger partial charge in [0.25, 0.3) is 0 Å². The van der Waals surface area contributed by atoms with Crippen LogP contribution in [0.1, 0.15) is 90.0 Å². The molecule has 0 aliphatic carbocycles. The van der Waals surface area contributed by atoms with Gasteiger partial charge in [0.1, 0.15) is 11.4 Å². The van der Waals surface area contributed by atoms with Gasteiger partial charge in [0.15, 0.2) is 9.84 Å². The molecule has 0 aromatic rings. The second-order valence-corrected chi connectivity index (χ2v) is 14.9. The van der Waals surface area contributed by atoms with Crippen LogP contribution in [0, 0.1) is 5.41 Å². The topological polar surface area (TPSA) is 84.0 Å². The second kappa shape index (κ2) is 14.2. The molecule has 0 rings (SSSR count). The van der Waals surface area contributed by atoms with Crippen molar-refractivity contribution < 1.29 is 22.7 Å². The van der Waals surface area contributed by atoms with Crippen molar-refractivity contribution in [3.63, 3.8) is 0 Å². The van der Waals surface area contributed by atoms with Gasteiger partial charge in [0, 0.05) is 31.3 Å². The minimum absolute atomic E-state index is 0.139. The molecule has 8 heteroatoms. The number of rotatable bonds is 0. The van der Waals surface area contributed by atoms with Crippen molar-refractivity contribution in [1.82, 2.24) is 9.80 Å². The molecule has 32 heavy (non-hydrogen) atoms. The van der Waals surface area contributed by atoms with Gasteiger partial charge >= 0.3 is 6.09 Å². The summed E-state index contributed by atoms with van der Waals surface area (Å²) in [6.07, 6.45) is 0.944. The molecule has 0 spiro atoms. The van der Waals surface area contributed by atoms with Gasteiger partial charge in [-0.3, -0.25) is 4.79 Å². The van der Waals surface area contributed by atoms with Crippen LogP contribution in [0.5, 0.6) is 0 Å². The van der Waals surface area contributed by atoms with Crippen molar-refractivity contribution >= 4 is 21.7 Å². The predicted molar refractivity (Wildman–Crippen MR) is 138 cm³/mol. The van der Waals surface area contributed by atoms with E-state index >= 15 is 0 Å². The maximum absolute atomic E-state index is 10.9. The number of ketones is 1. The Bertz CT molecular complexity index is 640. The Hall–Kier alpha value is -1.15. The van der Waals surface area contributed by atoms with Crippen molar-refractivity contribution in [2.75, 3.05) is 34.4 Å². The summed E-state index contributed by atoms with van der Waals surface area (Å²) in [7, 11) is 4.65. The van der Waals surface area contributed by atoms with E-state index in [2.05, 4.69) is 39.8 Å². The van der Waals surface area contributed by atoms with E-state index in [1.807, 2.05) is 41.5 Å². The standard InChI is InChI=1S/C7H15NO2.C6H15N.C6H12O.C5H12O2S/c1-7(2,3)10-6(9)8(4)5;1-6(2,3)7(4)5;1-5(7)6(2,3)4;1-5(2,3)8(4,6)7/h1-5H3;1-5H3;1-4H3;1-4H3. The highest BCUT2D eigenvalue weighted by atomic mass is 32.2. The lowest BCUT2D eigenvalue weighted by molar-refractivity contribution is -0.124. The van der Waals surface area contributed by atoms with E-state index in [1.165, 1.54) is 11.2 Å². The van der Waals surface area contributed by atoms with E-state index in [9.17, 15) is 18.0 Å². The van der Waals surface area contributed by atoms with Crippen LogP contribution in [0.2, 0.25) is 0 Å². The van der Waals surface area contributed by atoms with Crippen LogP contribution in [-0.4, -0.2) is 80.4 Å². The van der Waals surface area contributed by atoms with Gasteiger partial charge in [-0.2, -0.15) is 0 Å². The van der Waals surface area contributed by atoms with Gasteiger partial charge in [-0.05, 0) is 83.3 Å². The molecule has 0 heterocycles. The van der Waals surface area contributed by atoms with E-state index in [4.69, 9.17) is 4.74 Å². The molecule has 0 N–H and O–H groups in total. The van der Waals surface area contributed by atoms with Gasteiger partial charge in [-0.1, -0.05) is 20.8 Å². The number of nitrogens with zero attached hydrogens (tertiary/aromatic N) is 2. The average molecular weight is 483 g/mol. The number of Topliss-reactive ketones (excluding diaryl/α,β-unsaturated/α-hetero) is 1. The molecule has 0 saturated carbocycles. The minimum Gasteiger partial charge on any atom is -0.444 e. The number of amides is 1. The van der Waals surface area contributed by atoms with Crippen LogP contribution >= 0.6 is 0 Å². The van der Waals surface area contributed by atoms with Gasteiger partial charge in [0.2, 0.25) is 0 Å². The quantitative estimate of drug-likeness (QED) is 0.467. The van der Waals surface area contributed by atoms with E-state index < -0.39 is 14.6 Å². The molecule has 0 unspecified atom stereocenters. The average Bonchev–Trinajstić information content (AvgIpc) is 2.42. The van der Waals surface area contributed by atoms with Crippen molar-refractivity contribution in [2.24, 2.45) is 5.41 Å². The SMILES string of the molecule is CC(=O)C(C)(C)C.CC(C)(C)S(C)(=O)=O.CN(C)C(=O)OC(C)(C)C.CN(C)C(C)(C)C. The monoisotopic (exact) mass is 482 g/mol. The highest BCUT2D eigenvalue weighted by Crippen LogP contribution is 2.13. The Morgan fingerprint density at radius 1 is 0.719 bits per heavy atom. The first-order valence-corrected chi connectivity index (χ1v) is 12.6. The molecular weight excluding hydrogens is 428 g/mol. The lowest BCUT2D eigenvalue weighted by Gasteiger charge is -2.27. The van der Waals surface area contributed by atoms with E-state index in [0.717, 1.165) is 0 Å². The molecule has 0 aliphatic heterocycles. The molecule has 7 nitrogen and oxygen atoms in total. The van der Waals surface area contributed by atoms with Gasteiger partial charge in [0.05, 0.1) is 4.75 Å². The highest BCUT2D eigenvalue weighted by molar-refractivity contribution is 7.92. The normalized spacial score (nSPS) is 12.2. The molecule has 0 atom stereocenters. The van der Waals surface area contributed by atoms with E-state index in [-0.39, 0.29) is 22.9 Å². The Morgan fingerprint density at radius 2 is 0.938 bits per heavy atom. The van der Waals surface area contributed by atoms with E-state index in [1.54, 1.807) is 41.8 Å². The zero-order valence-electron chi connectivity index (χ0n) is 24.3. The predicted octanol–water partition coefficient (Wildman–Crippen LogP) is 5.28. The summed E-state index contributed by atoms with van der Waals surface area (Å²) in [4.78, 5) is 24.9. The van der Waals surface area contributed by atoms with Crippen molar-refractivity contribution in [3.05, 3.63) is 0 Å². The summed E-state index contributed by atoms with van der Waals surface area (Å²) in [6.45, 7) is 24.5. The zero-order chi connectivity index (χ0) is 27.5. The molecule has 0 saturated heterocycles. The van der Waals surface area contributed by atoms with Crippen molar-refractivity contribution in [1.29, 1.82) is 0 Å². The van der Waals surface area contributed by atoms with Crippen molar-refractivity contribution in [3.8, 4) is 0 Å². The van der Waals surface area contributed by atoms with E-state index in [0.29, 0.717) is 5.54 Å². The summed E-state index contributed by atoms with van der Waals surface area (Å²) in [5.41, 5.74) is -0.193. The summed E-state index contributed by atoms with van der Waals surface area (Å²) < 4.78 is 25.7. The van der Waals surface area contributed by atoms with Crippen LogP contribution in [0.15, 0.2) is 0 Å². The smallest absolute Gasteiger partial charge is 0.409 e. The van der Waals surface area contributed by atoms with Gasteiger partial charge in [-0.15, -0.1) is 0 Å². The fourth-order valence-electron chi connectivity index (χ4n) is 0.353. The molecular formula is C24H54N2O5S. The number of sulfone groups is 1. The van der Waals surface area contributed by atoms with Crippen LogP contribution in [0.25, 0.3) is 0 Å². The third-order valence-electron chi connectivity index (χ3n) is 4.27.